The lowest BCUT2D eigenvalue weighted by Gasteiger charge is -2.25. The SMILES string of the molecule is CCC(C)(C)COCC1CCC2OC2C1. The molecule has 2 aliphatic rings. The highest BCUT2D eigenvalue weighted by molar-refractivity contribution is 4.91. The Morgan fingerprint density at radius 1 is 1.27 bits per heavy atom. The largest absolute Gasteiger partial charge is 0.381 e. The molecule has 1 aliphatic heterocycles. The molecule has 1 saturated heterocycles. The zero-order valence-electron chi connectivity index (χ0n) is 10.3. The van der Waals surface area contributed by atoms with Gasteiger partial charge in [0.2, 0.25) is 0 Å². The molecule has 0 amide bonds. The summed E-state index contributed by atoms with van der Waals surface area (Å²) in [6.45, 7) is 8.61. The van der Waals surface area contributed by atoms with Crippen LogP contribution in [0.3, 0.4) is 0 Å². The van der Waals surface area contributed by atoms with Gasteiger partial charge < -0.3 is 9.47 Å². The van der Waals surface area contributed by atoms with Crippen LogP contribution >= 0.6 is 0 Å². The average Bonchev–Trinajstić information content (AvgIpc) is 2.96. The van der Waals surface area contributed by atoms with Gasteiger partial charge in [0.1, 0.15) is 0 Å². The molecule has 0 aromatic rings. The lowest BCUT2D eigenvalue weighted by molar-refractivity contribution is 0.0323. The highest BCUT2D eigenvalue weighted by Crippen LogP contribution is 2.39. The number of epoxide rings is 1. The van der Waals surface area contributed by atoms with Crippen molar-refractivity contribution in [2.45, 2.75) is 58.7 Å². The molecular weight excluding hydrogens is 188 g/mol. The molecule has 15 heavy (non-hydrogen) atoms. The first-order valence-electron chi connectivity index (χ1n) is 6.34. The van der Waals surface area contributed by atoms with Gasteiger partial charge in [-0.25, -0.2) is 0 Å². The Morgan fingerprint density at radius 2 is 2.07 bits per heavy atom. The van der Waals surface area contributed by atoms with Crippen molar-refractivity contribution in [1.82, 2.24) is 0 Å². The van der Waals surface area contributed by atoms with Crippen LogP contribution in [0, 0.1) is 11.3 Å². The van der Waals surface area contributed by atoms with E-state index in [-0.39, 0.29) is 0 Å². The van der Waals surface area contributed by atoms with E-state index >= 15 is 0 Å². The van der Waals surface area contributed by atoms with Crippen molar-refractivity contribution in [3.05, 3.63) is 0 Å². The minimum Gasteiger partial charge on any atom is -0.381 e. The van der Waals surface area contributed by atoms with Crippen LogP contribution in [0.2, 0.25) is 0 Å². The molecule has 2 fully saturated rings. The lowest BCUT2D eigenvalue weighted by Crippen LogP contribution is -2.23. The molecule has 0 N–H and O–H groups in total. The molecule has 3 unspecified atom stereocenters. The summed E-state index contributed by atoms with van der Waals surface area (Å²) in [5, 5.41) is 0. The summed E-state index contributed by atoms with van der Waals surface area (Å²) in [5.74, 6) is 0.751. The van der Waals surface area contributed by atoms with Gasteiger partial charge in [0.15, 0.2) is 0 Å². The van der Waals surface area contributed by atoms with E-state index in [1.807, 2.05) is 0 Å². The standard InChI is InChI=1S/C13H24O2/c1-4-13(2,3)9-14-8-10-5-6-11-12(7-10)15-11/h10-12H,4-9H2,1-3H3. The van der Waals surface area contributed by atoms with E-state index in [0.717, 1.165) is 19.1 Å². The van der Waals surface area contributed by atoms with Crippen molar-refractivity contribution in [2.24, 2.45) is 11.3 Å². The predicted octanol–water partition coefficient (Wildman–Crippen LogP) is 3.01. The van der Waals surface area contributed by atoms with Gasteiger partial charge in [0.25, 0.3) is 0 Å². The van der Waals surface area contributed by atoms with Gasteiger partial charge in [-0.2, -0.15) is 0 Å². The van der Waals surface area contributed by atoms with Crippen LogP contribution in [0.1, 0.15) is 46.5 Å². The first-order valence-corrected chi connectivity index (χ1v) is 6.34. The van der Waals surface area contributed by atoms with E-state index in [9.17, 15) is 0 Å². The number of ether oxygens (including phenoxy) is 2. The second kappa shape index (κ2) is 4.42. The van der Waals surface area contributed by atoms with Crippen LogP contribution in [0.5, 0.6) is 0 Å². The third-order valence-electron chi connectivity index (χ3n) is 3.92. The van der Waals surface area contributed by atoms with Crippen molar-refractivity contribution >= 4 is 0 Å². The van der Waals surface area contributed by atoms with Crippen molar-refractivity contribution in [2.75, 3.05) is 13.2 Å². The molecule has 0 radical (unpaired) electrons. The van der Waals surface area contributed by atoms with Gasteiger partial charge in [0, 0.05) is 6.61 Å². The lowest BCUT2D eigenvalue weighted by atomic mass is 9.89. The van der Waals surface area contributed by atoms with Crippen LogP contribution in [0.4, 0.5) is 0 Å². The molecule has 88 valence electrons. The van der Waals surface area contributed by atoms with Crippen molar-refractivity contribution in [3.8, 4) is 0 Å². The fourth-order valence-corrected chi connectivity index (χ4v) is 2.24. The maximum atomic E-state index is 5.84. The van der Waals surface area contributed by atoms with E-state index in [4.69, 9.17) is 9.47 Å². The number of fused-ring (bicyclic) bond motifs is 1. The van der Waals surface area contributed by atoms with Crippen LogP contribution in [0.15, 0.2) is 0 Å². The van der Waals surface area contributed by atoms with Crippen LogP contribution < -0.4 is 0 Å². The molecule has 0 aromatic heterocycles. The van der Waals surface area contributed by atoms with Crippen molar-refractivity contribution in [3.63, 3.8) is 0 Å². The molecule has 2 nitrogen and oxygen atoms in total. The van der Waals surface area contributed by atoms with Crippen molar-refractivity contribution in [1.29, 1.82) is 0 Å². The van der Waals surface area contributed by atoms with E-state index in [1.165, 1.54) is 25.7 Å². The summed E-state index contributed by atoms with van der Waals surface area (Å²) >= 11 is 0. The topological polar surface area (TPSA) is 21.8 Å². The third-order valence-corrected chi connectivity index (χ3v) is 3.92. The summed E-state index contributed by atoms with van der Waals surface area (Å²) in [5.41, 5.74) is 0.341. The Labute approximate surface area is 93.3 Å². The second-order valence-electron chi connectivity index (χ2n) is 5.92. The molecule has 0 spiro atoms. The van der Waals surface area contributed by atoms with Crippen molar-refractivity contribution < 1.29 is 9.47 Å². The molecule has 1 saturated carbocycles. The van der Waals surface area contributed by atoms with E-state index in [0.29, 0.717) is 17.6 Å². The Balaban J connectivity index is 1.61. The van der Waals surface area contributed by atoms with E-state index in [2.05, 4.69) is 20.8 Å². The Morgan fingerprint density at radius 3 is 2.73 bits per heavy atom. The zero-order chi connectivity index (χ0) is 10.9. The summed E-state index contributed by atoms with van der Waals surface area (Å²) < 4.78 is 11.4. The van der Waals surface area contributed by atoms with Gasteiger partial charge >= 0.3 is 0 Å². The van der Waals surface area contributed by atoms with Gasteiger partial charge in [-0.1, -0.05) is 20.8 Å². The maximum absolute atomic E-state index is 5.84. The Bertz CT molecular complexity index is 213. The summed E-state index contributed by atoms with van der Waals surface area (Å²) in [6.07, 6.45) is 6.19. The average molecular weight is 212 g/mol. The minimum absolute atomic E-state index is 0.341. The molecular formula is C13H24O2. The monoisotopic (exact) mass is 212 g/mol. The molecule has 0 bridgehead atoms. The fourth-order valence-electron chi connectivity index (χ4n) is 2.24. The second-order valence-corrected chi connectivity index (χ2v) is 5.92. The highest BCUT2D eigenvalue weighted by Gasteiger charge is 2.43. The summed E-state index contributed by atoms with van der Waals surface area (Å²) in [7, 11) is 0. The molecule has 1 aliphatic carbocycles. The van der Waals surface area contributed by atoms with Gasteiger partial charge in [-0.15, -0.1) is 0 Å². The third kappa shape index (κ3) is 3.18. The summed E-state index contributed by atoms with van der Waals surface area (Å²) in [4.78, 5) is 0. The van der Waals surface area contributed by atoms with Gasteiger partial charge in [-0.05, 0) is 37.0 Å². The zero-order valence-corrected chi connectivity index (χ0v) is 10.3. The van der Waals surface area contributed by atoms with Crippen LogP contribution in [-0.2, 0) is 9.47 Å². The number of hydrogen-bond acceptors (Lipinski definition) is 2. The first-order chi connectivity index (χ1) is 7.11. The quantitative estimate of drug-likeness (QED) is 0.653. The number of rotatable bonds is 5. The maximum Gasteiger partial charge on any atom is 0.0845 e. The van der Waals surface area contributed by atoms with Crippen LogP contribution in [-0.4, -0.2) is 25.4 Å². The molecule has 2 rings (SSSR count). The molecule has 3 atom stereocenters. The Kier molecular flexibility index (Phi) is 3.36. The smallest absolute Gasteiger partial charge is 0.0845 e. The summed E-state index contributed by atoms with van der Waals surface area (Å²) in [6, 6.07) is 0. The van der Waals surface area contributed by atoms with Crippen LogP contribution in [0.25, 0.3) is 0 Å². The fraction of sp³-hybridized carbons (Fsp3) is 1.00. The highest BCUT2D eigenvalue weighted by atomic mass is 16.6. The molecule has 2 heteroatoms. The first kappa shape index (κ1) is 11.4. The van der Waals surface area contributed by atoms with Gasteiger partial charge in [0.05, 0.1) is 18.8 Å². The van der Waals surface area contributed by atoms with Gasteiger partial charge in [-0.3, -0.25) is 0 Å². The predicted molar refractivity (Wildman–Crippen MR) is 60.9 cm³/mol. The number of hydrogen-bond donors (Lipinski definition) is 0. The minimum atomic E-state index is 0.341. The van der Waals surface area contributed by atoms with E-state index < -0.39 is 0 Å². The normalized spacial score (nSPS) is 35.0. The Hall–Kier alpha value is -0.0800. The molecule has 1 heterocycles. The van der Waals surface area contributed by atoms with E-state index in [1.54, 1.807) is 0 Å². The molecule has 0 aromatic carbocycles.